The third kappa shape index (κ3) is 2.51. The molecule has 0 bridgehead atoms. The van der Waals surface area contributed by atoms with E-state index in [1.807, 2.05) is 0 Å². The standard InChI is InChI=1S/C13H19NO/c1-9(2)14-8-11-4-5-13-12(7-11)6-10(3)15-13/h4-5,7,9-10,14H,6,8H2,1-3H3/t10-/m1/s1. The highest BCUT2D eigenvalue weighted by atomic mass is 16.5. The van der Waals surface area contributed by atoms with Gasteiger partial charge in [-0.2, -0.15) is 0 Å². The number of hydrogen-bond donors (Lipinski definition) is 1. The minimum Gasteiger partial charge on any atom is -0.490 e. The summed E-state index contributed by atoms with van der Waals surface area (Å²) in [6.45, 7) is 7.39. The summed E-state index contributed by atoms with van der Waals surface area (Å²) in [7, 11) is 0. The Balaban J connectivity index is 2.06. The molecule has 1 aliphatic heterocycles. The molecule has 0 saturated carbocycles. The zero-order valence-corrected chi connectivity index (χ0v) is 9.71. The SMILES string of the molecule is CC(C)NCc1ccc2c(c1)C[C@@H](C)O2. The van der Waals surface area contributed by atoms with Crippen molar-refractivity contribution in [1.82, 2.24) is 5.32 Å². The zero-order chi connectivity index (χ0) is 10.8. The van der Waals surface area contributed by atoms with E-state index in [-0.39, 0.29) is 0 Å². The zero-order valence-electron chi connectivity index (χ0n) is 9.71. The van der Waals surface area contributed by atoms with Gasteiger partial charge >= 0.3 is 0 Å². The van der Waals surface area contributed by atoms with Crippen molar-refractivity contribution >= 4 is 0 Å². The average molecular weight is 205 g/mol. The van der Waals surface area contributed by atoms with Crippen LogP contribution in [-0.2, 0) is 13.0 Å². The predicted octanol–water partition coefficient (Wildman–Crippen LogP) is 2.51. The molecule has 0 fully saturated rings. The van der Waals surface area contributed by atoms with Crippen molar-refractivity contribution < 1.29 is 4.74 Å². The van der Waals surface area contributed by atoms with Gasteiger partial charge in [-0.1, -0.05) is 26.0 Å². The normalized spacial score (nSPS) is 19.1. The molecule has 82 valence electrons. The second-order valence-electron chi connectivity index (χ2n) is 4.61. The molecule has 1 aromatic rings. The van der Waals surface area contributed by atoms with Gasteiger partial charge in [0.2, 0.25) is 0 Å². The molecule has 1 aromatic carbocycles. The topological polar surface area (TPSA) is 21.3 Å². The Bertz CT molecular complexity index is 346. The van der Waals surface area contributed by atoms with Crippen LogP contribution in [0.25, 0.3) is 0 Å². The van der Waals surface area contributed by atoms with Crippen molar-refractivity contribution in [1.29, 1.82) is 0 Å². The summed E-state index contributed by atoms with van der Waals surface area (Å²) < 4.78 is 5.67. The Morgan fingerprint density at radius 3 is 3.00 bits per heavy atom. The van der Waals surface area contributed by atoms with Crippen LogP contribution in [0, 0.1) is 0 Å². The van der Waals surface area contributed by atoms with Crippen molar-refractivity contribution in [2.45, 2.75) is 45.9 Å². The van der Waals surface area contributed by atoms with Crippen LogP contribution in [-0.4, -0.2) is 12.1 Å². The molecule has 1 heterocycles. The molecule has 2 rings (SSSR count). The highest BCUT2D eigenvalue weighted by Gasteiger charge is 2.18. The lowest BCUT2D eigenvalue weighted by Crippen LogP contribution is -2.21. The van der Waals surface area contributed by atoms with Gasteiger partial charge in [0.05, 0.1) is 0 Å². The maximum atomic E-state index is 5.67. The largest absolute Gasteiger partial charge is 0.490 e. The van der Waals surface area contributed by atoms with E-state index >= 15 is 0 Å². The van der Waals surface area contributed by atoms with E-state index in [1.54, 1.807) is 0 Å². The minimum absolute atomic E-state index is 0.341. The fourth-order valence-electron chi connectivity index (χ4n) is 1.91. The van der Waals surface area contributed by atoms with Crippen LogP contribution in [0.15, 0.2) is 18.2 Å². The van der Waals surface area contributed by atoms with Gasteiger partial charge in [-0.3, -0.25) is 0 Å². The number of ether oxygens (including phenoxy) is 1. The van der Waals surface area contributed by atoms with Gasteiger partial charge in [-0.05, 0) is 24.1 Å². The van der Waals surface area contributed by atoms with Gasteiger partial charge in [0.1, 0.15) is 11.9 Å². The summed E-state index contributed by atoms with van der Waals surface area (Å²) >= 11 is 0. The molecule has 0 unspecified atom stereocenters. The molecule has 0 radical (unpaired) electrons. The van der Waals surface area contributed by atoms with Crippen molar-refractivity contribution in [3.63, 3.8) is 0 Å². The quantitative estimate of drug-likeness (QED) is 0.818. The molecule has 15 heavy (non-hydrogen) atoms. The monoisotopic (exact) mass is 205 g/mol. The van der Waals surface area contributed by atoms with Crippen LogP contribution < -0.4 is 10.1 Å². The molecule has 2 nitrogen and oxygen atoms in total. The van der Waals surface area contributed by atoms with Crippen molar-refractivity contribution in [3.8, 4) is 5.75 Å². The fraction of sp³-hybridized carbons (Fsp3) is 0.538. The lowest BCUT2D eigenvalue weighted by molar-refractivity contribution is 0.254. The maximum absolute atomic E-state index is 5.67. The van der Waals surface area contributed by atoms with Crippen molar-refractivity contribution in [3.05, 3.63) is 29.3 Å². The second-order valence-corrected chi connectivity index (χ2v) is 4.61. The van der Waals surface area contributed by atoms with Gasteiger partial charge in [0.25, 0.3) is 0 Å². The predicted molar refractivity (Wildman–Crippen MR) is 62.2 cm³/mol. The smallest absolute Gasteiger partial charge is 0.123 e. The van der Waals surface area contributed by atoms with Gasteiger partial charge in [-0.15, -0.1) is 0 Å². The first-order valence-electron chi connectivity index (χ1n) is 5.67. The van der Waals surface area contributed by atoms with Crippen LogP contribution in [0.2, 0.25) is 0 Å². The first-order valence-corrected chi connectivity index (χ1v) is 5.67. The van der Waals surface area contributed by atoms with E-state index in [0.29, 0.717) is 12.1 Å². The number of fused-ring (bicyclic) bond motifs is 1. The van der Waals surface area contributed by atoms with Crippen molar-refractivity contribution in [2.24, 2.45) is 0 Å². The molecule has 1 aliphatic rings. The van der Waals surface area contributed by atoms with Gasteiger partial charge in [0, 0.05) is 19.0 Å². The molecule has 0 aromatic heterocycles. The fourth-order valence-corrected chi connectivity index (χ4v) is 1.91. The van der Waals surface area contributed by atoms with E-state index in [4.69, 9.17) is 4.74 Å². The number of rotatable bonds is 3. The number of nitrogens with one attached hydrogen (secondary N) is 1. The molecule has 2 heteroatoms. The van der Waals surface area contributed by atoms with Crippen LogP contribution in [0.3, 0.4) is 0 Å². The highest BCUT2D eigenvalue weighted by molar-refractivity contribution is 5.40. The van der Waals surface area contributed by atoms with Gasteiger partial charge in [0.15, 0.2) is 0 Å². The van der Waals surface area contributed by atoms with E-state index in [2.05, 4.69) is 44.3 Å². The molecule has 0 spiro atoms. The van der Waals surface area contributed by atoms with Crippen molar-refractivity contribution in [2.75, 3.05) is 0 Å². The minimum atomic E-state index is 0.341. The third-order valence-electron chi connectivity index (χ3n) is 2.67. The summed E-state index contributed by atoms with van der Waals surface area (Å²) in [6.07, 6.45) is 1.39. The average Bonchev–Trinajstić information content (AvgIpc) is 2.53. The Hall–Kier alpha value is -1.02. The molecule has 0 amide bonds. The van der Waals surface area contributed by atoms with Crippen LogP contribution in [0.4, 0.5) is 0 Å². The Kier molecular flexibility index (Phi) is 2.96. The van der Waals surface area contributed by atoms with E-state index in [1.165, 1.54) is 11.1 Å². The Morgan fingerprint density at radius 1 is 1.47 bits per heavy atom. The summed E-state index contributed by atoms with van der Waals surface area (Å²) in [4.78, 5) is 0. The number of hydrogen-bond acceptors (Lipinski definition) is 2. The number of benzene rings is 1. The maximum Gasteiger partial charge on any atom is 0.123 e. The first-order chi connectivity index (χ1) is 7.15. The molecular formula is C13H19NO. The first kappa shape index (κ1) is 10.5. The summed E-state index contributed by atoms with van der Waals surface area (Å²) in [5.74, 6) is 1.07. The van der Waals surface area contributed by atoms with Crippen LogP contribution in [0.5, 0.6) is 5.75 Å². The van der Waals surface area contributed by atoms with Gasteiger partial charge in [-0.25, -0.2) is 0 Å². The molecule has 0 aliphatic carbocycles. The summed E-state index contributed by atoms with van der Waals surface area (Å²) in [5, 5.41) is 3.42. The lowest BCUT2D eigenvalue weighted by Gasteiger charge is -2.08. The molecule has 0 saturated heterocycles. The molecular weight excluding hydrogens is 186 g/mol. The Labute approximate surface area is 91.6 Å². The molecule has 1 N–H and O–H groups in total. The van der Waals surface area contributed by atoms with Gasteiger partial charge < -0.3 is 10.1 Å². The van der Waals surface area contributed by atoms with Crippen LogP contribution in [0.1, 0.15) is 31.9 Å². The second kappa shape index (κ2) is 4.23. The Morgan fingerprint density at radius 2 is 2.27 bits per heavy atom. The third-order valence-corrected chi connectivity index (χ3v) is 2.67. The highest BCUT2D eigenvalue weighted by Crippen LogP contribution is 2.29. The molecule has 1 atom stereocenters. The van der Waals surface area contributed by atoms with E-state index in [0.717, 1.165) is 18.7 Å². The van der Waals surface area contributed by atoms with Crippen LogP contribution >= 0.6 is 0 Å². The van der Waals surface area contributed by atoms with E-state index in [9.17, 15) is 0 Å². The lowest BCUT2D eigenvalue weighted by atomic mass is 10.1. The van der Waals surface area contributed by atoms with E-state index < -0.39 is 0 Å². The summed E-state index contributed by atoms with van der Waals surface area (Å²) in [6, 6.07) is 7.03. The summed E-state index contributed by atoms with van der Waals surface area (Å²) in [5.41, 5.74) is 2.70.